The van der Waals surface area contributed by atoms with Crippen LogP contribution in [0, 0.1) is 11.6 Å². The molecular formula is C21H19F2N3O3. The van der Waals surface area contributed by atoms with E-state index in [1.807, 2.05) is 18.2 Å². The molecule has 2 N–H and O–H groups in total. The smallest absolute Gasteiger partial charge is 0.322 e. The fourth-order valence-electron chi connectivity index (χ4n) is 3.84. The minimum atomic E-state index is -1.28. The summed E-state index contributed by atoms with van der Waals surface area (Å²) in [5, 5.41) is 4.91. The number of benzene rings is 2. The topological polar surface area (TPSA) is 78.5 Å². The van der Waals surface area contributed by atoms with Crippen LogP contribution in [0.25, 0.3) is 0 Å². The van der Waals surface area contributed by atoms with Gasteiger partial charge >= 0.3 is 6.03 Å². The van der Waals surface area contributed by atoms with Crippen LogP contribution >= 0.6 is 0 Å². The Balaban J connectivity index is 1.51. The predicted octanol–water partition coefficient (Wildman–Crippen LogP) is 2.86. The summed E-state index contributed by atoms with van der Waals surface area (Å²) < 4.78 is 26.7. The number of aryl methyl sites for hydroxylation is 2. The number of carbonyl (C=O) groups excluding carboxylic acids is 3. The van der Waals surface area contributed by atoms with Crippen LogP contribution < -0.4 is 10.6 Å². The predicted molar refractivity (Wildman–Crippen MR) is 101 cm³/mol. The summed E-state index contributed by atoms with van der Waals surface area (Å²) >= 11 is 0. The third-order valence-corrected chi connectivity index (χ3v) is 5.46. The number of hydrogen-bond acceptors (Lipinski definition) is 3. The molecule has 2 aromatic rings. The van der Waals surface area contributed by atoms with E-state index in [-0.39, 0.29) is 5.69 Å². The van der Waals surface area contributed by atoms with Crippen molar-refractivity contribution in [3.8, 4) is 0 Å². The average molecular weight is 399 g/mol. The molecule has 2 aromatic carbocycles. The number of urea groups is 1. The number of rotatable bonds is 4. The Hall–Kier alpha value is -3.29. The zero-order chi connectivity index (χ0) is 20.8. The molecule has 0 aromatic heterocycles. The minimum Gasteiger partial charge on any atom is -0.322 e. The SMILES string of the molecule is CC1(c2ccc3c(c2)CCC3)NC(=O)N(CC(=O)Nc2ccc(F)cc2F)C1=O. The van der Waals surface area contributed by atoms with Gasteiger partial charge in [-0.1, -0.05) is 18.2 Å². The van der Waals surface area contributed by atoms with Crippen LogP contribution in [-0.4, -0.2) is 29.3 Å². The quantitative estimate of drug-likeness (QED) is 0.776. The molecule has 1 fully saturated rings. The van der Waals surface area contributed by atoms with Gasteiger partial charge in [0.15, 0.2) is 0 Å². The van der Waals surface area contributed by atoms with Crippen molar-refractivity contribution in [2.75, 3.05) is 11.9 Å². The number of nitrogens with one attached hydrogen (secondary N) is 2. The third-order valence-electron chi connectivity index (χ3n) is 5.46. The second kappa shape index (κ2) is 6.95. The van der Waals surface area contributed by atoms with Gasteiger partial charge in [0.05, 0.1) is 5.69 Å². The van der Waals surface area contributed by atoms with E-state index in [1.54, 1.807) is 6.92 Å². The third kappa shape index (κ3) is 3.35. The Kier molecular flexibility index (Phi) is 4.56. The van der Waals surface area contributed by atoms with E-state index in [9.17, 15) is 23.2 Å². The van der Waals surface area contributed by atoms with Gasteiger partial charge in [-0.15, -0.1) is 0 Å². The first-order chi connectivity index (χ1) is 13.8. The molecule has 1 aliphatic heterocycles. The van der Waals surface area contributed by atoms with E-state index >= 15 is 0 Å². The van der Waals surface area contributed by atoms with Gasteiger partial charge < -0.3 is 10.6 Å². The molecule has 0 bridgehead atoms. The lowest BCUT2D eigenvalue weighted by atomic mass is 9.89. The van der Waals surface area contributed by atoms with Gasteiger partial charge in [0.2, 0.25) is 5.91 Å². The molecule has 1 saturated heterocycles. The first kappa shape index (κ1) is 19.0. The number of nitrogens with zero attached hydrogens (tertiary/aromatic N) is 1. The van der Waals surface area contributed by atoms with E-state index < -0.39 is 41.6 Å². The van der Waals surface area contributed by atoms with Crippen LogP contribution in [0.5, 0.6) is 0 Å². The first-order valence-corrected chi connectivity index (χ1v) is 9.29. The maximum Gasteiger partial charge on any atom is 0.325 e. The summed E-state index contributed by atoms with van der Waals surface area (Å²) in [7, 11) is 0. The Morgan fingerprint density at radius 2 is 1.90 bits per heavy atom. The van der Waals surface area contributed by atoms with Gasteiger partial charge in [-0.2, -0.15) is 0 Å². The van der Waals surface area contributed by atoms with Crippen LogP contribution in [0.15, 0.2) is 36.4 Å². The van der Waals surface area contributed by atoms with Crippen LogP contribution in [0.4, 0.5) is 19.3 Å². The highest BCUT2D eigenvalue weighted by molar-refractivity contribution is 6.10. The van der Waals surface area contributed by atoms with Gasteiger partial charge in [0.1, 0.15) is 23.7 Å². The lowest BCUT2D eigenvalue weighted by Gasteiger charge is -2.23. The second-order valence-electron chi connectivity index (χ2n) is 7.46. The molecule has 1 unspecified atom stereocenters. The molecule has 29 heavy (non-hydrogen) atoms. The molecule has 150 valence electrons. The molecule has 1 atom stereocenters. The van der Waals surface area contributed by atoms with Crippen molar-refractivity contribution in [3.05, 3.63) is 64.7 Å². The molecule has 4 amide bonds. The largest absolute Gasteiger partial charge is 0.325 e. The Labute approximate surface area is 165 Å². The number of amides is 4. The van der Waals surface area contributed by atoms with Crippen LogP contribution in [0.3, 0.4) is 0 Å². The van der Waals surface area contributed by atoms with E-state index in [0.717, 1.165) is 41.9 Å². The summed E-state index contributed by atoms with van der Waals surface area (Å²) in [4.78, 5) is 38.4. The lowest BCUT2D eigenvalue weighted by molar-refractivity contribution is -0.133. The van der Waals surface area contributed by atoms with Crippen molar-refractivity contribution in [2.24, 2.45) is 0 Å². The van der Waals surface area contributed by atoms with Gasteiger partial charge in [-0.25, -0.2) is 13.6 Å². The van der Waals surface area contributed by atoms with Crippen molar-refractivity contribution in [2.45, 2.75) is 31.7 Å². The fourth-order valence-corrected chi connectivity index (χ4v) is 3.84. The number of halogens is 2. The molecule has 0 spiro atoms. The minimum absolute atomic E-state index is 0.232. The van der Waals surface area contributed by atoms with E-state index in [1.165, 1.54) is 5.56 Å². The van der Waals surface area contributed by atoms with Gasteiger partial charge in [0, 0.05) is 6.07 Å². The highest BCUT2D eigenvalue weighted by atomic mass is 19.1. The molecule has 6 nitrogen and oxygen atoms in total. The molecule has 2 aliphatic rings. The molecule has 0 saturated carbocycles. The van der Waals surface area contributed by atoms with Gasteiger partial charge in [0.25, 0.3) is 5.91 Å². The summed E-state index contributed by atoms with van der Waals surface area (Å²) in [6, 6.07) is 7.72. The Bertz CT molecular complexity index is 1040. The summed E-state index contributed by atoms with van der Waals surface area (Å²) in [5.41, 5.74) is 1.55. The Morgan fingerprint density at radius 3 is 2.66 bits per heavy atom. The summed E-state index contributed by atoms with van der Waals surface area (Å²) in [5.74, 6) is -3.05. The maximum absolute atomic E-state index is 13.7. The van der Waals surface area contributed by atoms with E-state index in [4.69, 9.17) is 0 Å². The number of hydrogen-bond donors (Lipinski definition) is 2. The number of anilines is 1. The van der Waals surface area contributed by atoms with E-state index in [2.05, 4.69) is 10.6 Å². The molecular weight excluding hydrogens is 380 g/mol. The van der Waals surface area contributed by atoms with Crippen molar-refractivity contribution < 1.29 is 23.2 Å². The van der Waals surface area contributed by atoms with Crippen molar-refractivity contribution in [3.63, 3.8) is 0 Å². The van der Waals surface area contributed by atoms with Crippen molar-refractivity contribution in [1.29, 1.82) is 0 Å². The molecule has 1 aliphatic carbocycles. The maximum atomic E-state index is 13.7. The lowest BCUT2D eigenvalue weighted by Crippen LogP contribution is -2.42. The highest BCUT2D eigenvalue weighted by Gasteiger charge is 2.49. The normalized spacial score (nSPS) is 20.6. The Morgan fingerprint density at radius 1 is 1.14 bits per heavy atom. The first-order valence-electron chi connectivity index (χ1n) is 9.29. The van der Waals surface area contributed by atoms with Crippen LogP contribution in [0.2, 0.25) is 0 Å². The van der Waals surface area contributed by atoms with Crippen molar-refractivity contribution >= 4 is 23.5 Å². The standard InChI is InChI=1S/C21H19F2N3O3/c1-21(14-6-5-12-3-2-4-13(12)9-14)19(28)26(20(29)25-21)11-18(27)24-17-8-7-15(22)10-16(17)23/h5-10H,2-4,11H2,1H3,(H,24,27)(H,25,29). The zero-order valence-corrected chi connectivity index (χ0v) is 15.7. The monoisotopic (exact) mass is 399 g/mol. The highest BCUT2D eigenvalue weighted by Crippen LogP contribution is 2.32. The molecule has 0 radical (unpaired) electrons. The second-order valence-corrected chi connectivity index (χ2v) is 7.46. The number of carbonyl (C=O) groups is 3. The number of imide groups is 1. The van der Waals surface area contributed by atoms with Gasteiger partial charge in [-0.3, -0.25) is 14.5 Å². The summed E-state index contributed by atoms with van der Waals surface area (Å²) in [6.07, 6.45) is 2.98. The molecule has 4 rings (SSSR count). The van der Waals surface area contributed by atoms with Gasteiger partial charge in [-0.05, 0) is 55.0 Å². The fraction of sp³-hybridized carbons (Fsp3) is 0.286. The van der Waals surface area contributed by atoms with E-state index in [0.29, 0.717) is 11.6 Å². The van der Waals surface area contributed by atoms with Crippen LogP contribution in [0.1, 0.15) is 30.0 Å². The zero-order valence-electron chi connectivity index (χ0n) is 15.7. The van der Waals surface area contributed by atoms with Crippen molar-refractivity contribution in [1.82, 2.24) is 10.2 Å². The molecule has 1 heterocycles. The summed E-state index contributed by atoms with van der Waals surface area (Å²) in [6.45, 7) is 1.02. The van der Waals surface area contributed by atoms with Crippen LogP contribution in [-0.2, 0) is 28.0 Å². The molecule has 8 heteroatoms. The number of fused-ring (bicyclic) bond motifs is 1. The average Bonchev–Trinajstić information content (AvgIpc) is 3.22.